The van der Waals surface area contributed by atoms with Gasteiger partial charge in [0.05, 0.1) is 17.6 Å². The Bertz CT molecular complexity index is 974. The lowest BCUT2D eigenvalue weighted by atomic mass is 9.90. The van der Waals surface area contributed by atoms with Crippen molar-refractivity contribution in [1.29, 1.82) is 0 Å². The number of hydrogen-bond acceptors (Lipinski definition) is 4. The van der Waals surface area contributed by atoms with Crippen LogP contribution in [0.3, 0.4) is 0 Å². The van der Waals surface area contributed by atoms with Crippen LogP contribution in [0.2, 0.25) is 5.02 Å². The van der Waals surface area contributed by atoms with Crippen molar-refractivity contribution in [3.63, 3.8) is 0 Å². The van der Waals surface area contributed by atoms with Gasteiger partial charge < -0.3 is 0 Å². The molecule has 3 unspecified atom stereocenters. The SMILES string of the molecule is Cc1ccc(N2C(=O)C3C(C2=O)N2CCCN2C3c2ccc(Cl)cc2)cc1C. The quantitative estimate of drug-likeness (QED) is 0.730. The van der Waals surface area contributed by atoms with Crippen LogP contribution in [-0.4, -0.2) is 41.0 Å². The van der Waals surface area contributed by atoms with Gasteiger partial charge in [0.2, 0.25) is 5.91 Å². The van der Waals surface area contributed by atoms with Crippen LogP contribution in [0.4, 0.5) is 5.69 Å². The summed E-state index contributed by atoms with van der Waals surface area (Å²) in [6.45, 7) is 5.71. The molecule has 3 fully saturated rings. The summed E-state index contributed by atoms with van der Waals surface area (Å²) in [5.41, 5.74) is 3.93. The number of aryl methyl sites for hydroxylation is 2. The molecule has 0 spiro atoms. The van der Waals surface area contributed by atoms with Crippen LogP contribution in [0.1, 0.15) is 29.2 Å². The number of anilines is 1. The molecule has 3 atom stereocenters. The predicted molar refractivity (Wildman–Crippen MR) is 108 cm³/mol. The van der Waals surface area contributed by atoms with E-state index in [2.05, 4.69) is 10.0 Å². The van der Waals surface area contributed by atoms with Crippen LogP contribution in [0, 0.1) is 19.8 Å². The third kappa shape index (κ3) is 2.47. The van der Waals surface area contributed by atoms with Crippen molar-refractivity contribution in [1.82, 2.24) is 10.0 Å². The fourth-order valence-corrected chi connectivity index (χ4v) is 5.02. The Morgan fingerprint density at radius 2 is 1.54 bits per heavy atom. The zero-order chi connectivity index (χ0) is 19.6. The predicted octanol–water partition coefficient (Wildman–Crippen LogP) is 3.49. The summed E-state index contributed by atoms with van der Waals surface area (Å²) in [7, 11) is 0. The van der Waals surface area contributed by atoms with E-state index in [1.54, 1.807) is 0 Å². The van der Waals surface area contributed by atoms with E-state index >= 15 is 0 Å². The van der Waals surface area contributed by atoms with E-state index in [4.69, 9.17) is 11.6 Å². The van der Waals surface area contributed by atoms with Crippen molar-refractivity contribution < 1.29 is 9.59 Å². The standard InChI is InChI=1S/C22H22ClN3O2/c1-13-4-9-17(12-14(13)2)26-21(27)18-19(15-5-7-16(23)8-6-15)24-10-3-11-25(24)20(18)22(26)28/h4-9,12,18-20H,3,10-11H2,1-2H3. The van der Waals surface area contributed by atoms with Crippen LogP contribution in [0.25, 0.3) is 0 Å². The fraction of sp³-hybridized carbons (Fsp3) is 0.364. The molecule has 3 saturated heterocycles. The lowest BCUT2D eigenvalue weighted by Crippen LogP contribution is -2.44. The highest BCUT2D eigenvalue weighted by molar-refractivity contribution is 6.30. The van der Waals surface area contributed by atoms with E-state index < -0.39 is 12.0 Å². The first-order chi connectivity index (χ1) is 13.5. The zero-order valence-electron chi connectivity index (χ0n) is 15.9. The summed E-state index contributed by atoms with van der Waals surface area (Å²) in [4.78, 5) is 28.3. The highest BCUT2D eigenvalue weighted by atomic mass is 35.5. The molecule has 0 saturated carbocycles. The molecule has 144 valence electrons. The third-order valence-corrected chi connectivity index (χ3v) is 6.62. The van der Waals surface area contributed by atoms with Crippen LogP contribution in [0.15, 0.2) is 42.5 Å². The minimum absolute atomic E-state index is 0.104. The topological polar surface area (TPSA) is 43.9 Å². The van der Waals surface area contributed by atoms with E-state index in [1.165, 1.54) is 4.90 Å². The average molecular weight is 396 g/mol. The van der Waals surface area contributed by atoms with Gasteiger partial charge in [0, 0.05) is 18.1 Å². The first-order valence-electron chi connectivity index (χ1n) is 9.71. The summed E-state index contributed by atoms with van der Waals surface area (Å²) in [5.74, 6) is -0.607. The number of benzene rings is 2. The Morgan fingerprint density at radius 1 is 0.857 bits per heavy atom. The maximum absolute atomic E-state index is 13.5. The molecule has 5 rings (SSSR count). The van der Waals surface area contributed by atoms with Crippen molar-refractivity contribution >= 4 is 29.1 Å². The Labute approximate surface area is 169 Å². The Kier molecular flexibility index (Phi) is 4.09. The fourth-order valence-electron chi connectivity index (χ4n) is 4.89. The summed E-state index contributed by atoms with van der Waals surface area (Å²) >= 11 is 6.07. The van der Waals surface area contributed by atoms with Crippen molar-refractivity contribution in [2.75, 3.05) is 18.0 Å². The average Bonchev–Trinajstić information content (AvgIpc) is 3.31. The lowest BCUT2D eigenvalue weighted by molar-refractivity contribution is -0.126. The van der Waals surface area contributed by atoms with Gasteiger partial charge in [-0.3, -0.25) is 9.59 Å². The Morgan fingerprint density at radius 3 is 2.21 bits per heavy atom. The molecule has 28 heavy (non-hydrogen) atoms. The molecule has 2 amide bonds. The summed E-state index contributed by atoms with van der Waals surface area (Å²) in [6.07, 6.45) is 0.998. The molecule has 5 nitrogen and oxygen atoms in total. The maximum atomic E-state index is 13.5. The highest BCUT2D eigenvalue weighted by Gasteiger charge is 2.62. The first kappa shape index (κ1) is 17.9. The Balaban J connectivity index is 1.58. The molecule has 0 radical (unpaired) electrons. The molecular formula is C22H22ClN3O2. The molecule has 0 bridgehead atoms. The molecule has 3 aliphatic heterocycles. The normalized spacial score (nSPS) is 27.5. The van der Waals surface area contributed by atoms with E-state index in [9.17, 15) is 9.59 Å². The molecule has 0 aromatic heterocycles. The largest absolute Gasteiger partial charge is 0.274 e. The second kappa shape index (κ2) is 6.41. The summed E-state index contributed by atoms with van der Waals surface area (Å²) in [6, 6.07) is 12.9. The molecule has 2 aromatic rings. The number of halogens is 1. The van der Waals surface area contributed by atoms with Crippen molar-refractivity contribution in [2.45, 2.75) is 32.4 Å². The second-order valence-electron chi connectivity index (χ2n) is 7.93. The lowest BCUT2D eigenvalue weighted by Gasteiger charge is -2.30. The van der Waals surface area contributed by atoms with Gasteiger partial charge in [0.1, 0.15) is 6.04 Å². The summed E-state index contributed by atoms with van der Waals surface area (Å²) in [5, 5.41) is 5.00. The van der Waals surface area contributed by atoms with E-state index in [0.717, 1.165) is 36.2 Å². The highest BCUT2D eigenvalue weighted by Crippen LogP contribution is 2.49. The van der Waals surface area contributed by atoms with Crippen molar-refractivity contribution in [3.05, 3.63) is 64.2 Å². The monoisotopic (exact) mass is 395 g/mol. The number of carbonyl (C=O) groups excluding carboxylic acids is 2. The van der Waals surface area contributed by atoms with Crippen LogP contribution >= 0.6 is 11.6 Å². The smallest absolute Gasteiger partial charge is 0.253 e. The van der Waals surface area contributed by atoms with E-state index in [1.807, 2.05) is 56.3 Å². The van der Waals surface area contributed by atoms with Gasteiger partial charge >= 0.3 is 0 Å². The second-order valence-corrected chi connectivity index (χ2v) is 8.36. The molecule has 2 aromatic carbocycles. The number of imide groups is 1. The third-order valence-electron chi connectivity index (χ3n) is 6.37. The van der Waals surface area contributed by atoms with Gasteiger partial charge in [0.15, 0.2) is 0 Å². The van der Waals surface area contributed by atoms with Crippen molar-refractivity contribution in [2.24, 2.45) is 5.92 Å². The van der Waals surface area contributed by atoms with Crippen LogP contribution < -0.4 is 4.90 Å². The minimum Gasteiger partial charge on any atom is -0.274 e. The number of amides is 2. The van der Waals surface area contributed by atoms with Gasteiger partial charge in [-0.2, -0.15) is 0 Å². The molecule has 3 aliphatic rings. The molecular weight excluding hydrogens is 374 g/mol. The number of hydrogen-bond donors (Lipinski definition) is 0. The number of rotatable bonds is 2. The van der Waals surface area contributed by atoms with Crippen molar-refractivity contribution in [3.8, 4) is 0 Å². The number of hydrazine groups is 1. The molecule has 3 heterocycles. The number of nitrogens with zero attached hydrogens (tertiary/aromatic N) is 3. The first-order valence-corrected chi connectivity index (χ1v) is 10.1. The van der Waals surface area contributed by atoms with Gasteiger partial charge in [-0.05, 0) is 61.2 Å². The zero-order valence-corrected chi connectivity index (χ0v) is 16.7. The number of carbonyl (C=O) groups is 2. The molecule has 6 heteroatoms. The molecule has 0 N–H and O–H groups in total. The van der Waals surface area contributed by atoms with E-state index in [0.29, 0.717) is 10.7 Å². The van der Waals surface area contributed by atoms with E-state index in [-0.39, 0.29) is 17.9 Å². The van der Waals surface area contributed by atoms with Crippen LogP contribution in [-0.2, 0) is 9.59 Å². The maximum Gasteiger partial charge on any atom is 0.253 e. The Hall–Kier alpha value is -2.21. The molecule has 0 aliphatic carbocycles. The van der Waals surface area contributed by atoms with Gasteiger partial charge in [-0.25, -0.2) is 14.9 Å². The number of fused-ring (bicyclic) bond motifs is 3. The van der Waals surface area contributed by atoms with Crippen LogP contribution in [0.5, 0.6) is 0 Å². The van der Waals surface area contributed by atoms with Gasteiger partial charge in [-0.1, -0.05) is 29.8 Å². The summed E-state index contributed by atoms with van der Waals surface area (Å²) < 4.78 is 0. The minimum atomic E-state index is -0.419. The van der Waals surface area contributed by atoms with Gasteiger partial charge in [0.25, 0.3) is 5.91 Å². The van der Waals surface area contributed by atoms with Gasteiger partial charge in [-0.15, -0.1) is 0 Å².